The van der Waals surface area contributed by atoms with E-state index in [0.717, 1.165) is 53.4 Å². The first-order chi connectivity index (χ1) is 12.2. The number of benzene rings is 2. The number of rotatable bonds is 4. The van der Waals surface area contributed by atoms with Gasteiger partial charge in [-0.1, -0.05) is 35.9 Å². The van der Waals surface area contributed by atoms with E-state index in [9.17, 15) is 4.79 Å². The van der Waals surface area contributed by atoms with Gasteiger partial charge in [0.1, 0.15) is 0 Å². The third kappa shape index (κ3) is 3.41. The number of carbonyl (C=O) groups excluding carboxylic acids is 1. The lowest BCUT2D eigenvalue weighted by Crippen LogP contribution is -2.48. The highest BCUT2D eigenvalue weighted by Gasteiger charge is 2.21. The molecule has 4 rings (SSSR count). The van der Waals surface area contributed by atoms with Crippen LogP contribution in [0.25, 0.3) is 10.9 Å². The van der Waals surface area contributed by atoms with Crippen molar-refractivity contribution in [1.82, 2.24) is 9.88 Å². The van der Waals surface area contributed by atoms with Crippen molar-refractivity contribution in [3.63, 3.8) is 0 Å². The van der Waals surface area contributed by atoms with Gasteiger partial charge >= 0.3 is 0 Å². The largest absolute Gasteiger partial charge is 0.369 e. The fraction of sp³-hybridized carbons (Fsp3) is 0.250. The van der Waals surface area contributed by atoms with Crippen molar-refractivity contribution in [2.75, 3.05) is 37.6 Å². The van der Waals surface area contributed by atoms with Crippen molar-refractivity contribution in [2.45, 2.75) is 0 Å². The van der Waals surface area contributed by atoms with Gasteiger partial charge in [0, 0.05) is 59.6 Å². The number of aromatic nitrogens is 1. The van der Waals surface area contributed by atoms with Gasteiger partial charge in [0.25, 0.3) is 0 Å². The molecule has 5 heteroatoms. The molecule has 0 radical (unpaired) electrons. The van der Waals surface area contributed by atoms with Gasteiger partial charge in [0.15, 0.2) is 5.78 Å². The van der Waals surface area contributed by atoms with Crippen LogP contribution >= 0.6 is 11.6 Å². The summed E-state index contributed by atoms with van der Waals surface area (Å²) in [6.07, 6.45) is 1.83. The first-order valence-corrected chi connectivity index (χ1v) is 8.91. The number of H-pyrrole nitrogens is 1. The maximum atomic E-state index is 12.7. The number of carbonyl (C=O) groups is 1. The molecule has 0 atom stereocenters. The van der Waals surface area contributed by atoms with Gasteiger partial charge in [-0.15, -0.1) is 0 Å². The molecule has 0 bridgehead atoms. The summed E-state index contributed by atoms with van der Waals surface area (Å²) < 4.78 is 0. The van der Waals surface area contributed by atoms with Crippen molar-refractivity contribution in [2.24, 2.45) is 0 Å². The van der Waals surface area contributed by atoms with Crippen LogP contribution in [0.15, 0.2) is 54.7 Å². The Hall–Kier alpha value is -2.30. The van der Waals surface area contributed by atoms with E-state index in [1.54, 1.807) is 0 Å². The average molecular weight is 354 g/mol. The normalized spacial score (nSPS) is 15.6. The Morgan fingerprint density at radius 2 is 1.84 bits per heavy atom. The molecule has 1 saturated heterocycles. The molecule has 0 aliphatic carbocycles. The van der Waals surface area contributed by atoms with E-state index < -0.39 is 0 Å². The predicted octanol–water partition coefficient (Wildman–Crippen LogP) is 3.83. The van der Waals surface area contributed by atoms with E-state index in [2.05, 4.69) is 20.9 Å². The van der Waals surface area contributed by atoms with E-state index in [1.165, 1.54) is 0 Å². The number of fused-ring (bicyclic) bond motifs is 1. The van der Waals surface area contributed by atoms with Gasteiger partial charge in [-0.25, -0.2) is 0 Å². The highest BCUT2D eigenvalue weighted by atomic mass is 35.5. The van der Waals surface area contributed by atoms with Crippen LogP contribution in [-0.2, 0) is 0 Å². The number of Topliss-reactive ketones (excluding diaryl/α,β-unsaturated/α-hetero) is 1. The second-order valence-corrected chi connectivity index (χ2v) is 6.85. The minimum absolute atomic E-state index is 0.175. The SMILES string of the molecule is O=C(CN1CCN(c2cccc(Cl)c2)CC1)c1c[nH]c2ccccc12. The van der Waals surface area contributed by atoms with Gasteiger partial charge in [-0.05, 0) is 24.3 Å². The lowest BCUT2D eigenvalue weighted by atomic mass is 10.1. The summed E-state index contributed by atoms with van der Waals surface area (Å²) in [6.45, 7) is 4.02. The summed E-state index contributed by atoms with van der Waals surface area (Å²) in [7, 11) is 0. The number of anilines is 1. The number of hydrogen-bond acceptors (Lipinski definition) is 3. The molecule has 2 aromatic carbocycles. The molecule has 0 unspecified atom stereocenters. The fourth-order valence-corrected chi connectivity index (χ4v) is 3.61. The van der Waals surface area contributed by atoms with Gasteiger partial charge in [-0.3, -0.25) is 9.69 Å². The number of para-hydroxylation sites is 1. The number of ketones is 1. The van der Waals surface area contributed by atoms with Crippen LogP contribution in [0.5, 0.6) is 0 Å². The summed E-state index contributed by atoms with van der Waals surface area (Å²) in [5, 5.41) is 1.76. The maximum Gasteiger partial charge on any atom is 0.178 e. The zero-order valence-corrected chi connectivity index (χ0v) is 14.7. The van der Waals surface area contributed by atoms with Crippen LogP contribution in [0.2, 0.25) is 5.02 Å². The Balaban J connectivity index is 1.39. The van der Waals surface area contributed by atoms with Gasteiger partial charge in [0.05, 0.1) is 6.54 Å². The quantitative estimate of drug-likeness (QED) is 0.725. The predicted molar refractivity (Wildman–Crippen MR) is 103 cm³/mol. The standard InChI is InChI=1S/C20H20ClN3O/c21-15-4-3-5-16(12-15)24-10-8-23(9-11-24)14-20(25)18-13-22-19-7-2-1-6-17(18)19/h1-7,12-13,22H,8-11,14H2. The lowest BCUT2D eigenvalue weighted by Gasteiger charge is -2.35. The molecule has 25 heavy (non-hydrogen) atoms. The maximum absolute atomic E-state index is 12.7. The molecule has 1 fully saturated rings. The van der Waals surface area contributed by atoms with Crippen LogP contribution in [0.4, 0.5) is 5.69 Å². The fourth-order valence-electron chi connectivity index (χ4n) is 3.43. The molecule has 2 heterocycles. The second-order valence-electron chi connectivity index (χ2n) is 6.41. The third-order valence-corrected chi connectivity index (χ3v) is 5.04. The Morgan fingerprint density at radius 3 is 2.64 bits per heavy atom. The Labute approximate surface area is 152 Å². The number of nitrogens with one attached hydrogen (secondary N) is 1. The highest BCUT2D eigenvalue weighted by Crippen LogP contribution is 2.22. The molecule has 1 N–H and O–H groups in total. The summed E-state index contributed by atoms with van der Waals surface area (Å²) in [5.74, 6) is 0.175. The molecule has 1 aliphatic rings. The molecule has 3 aromatic rings. The molecule has 1 aliphatic heterocycles. The molecule has 0 saturated carbocycles. The molecular formula is C20H20ClN3O. The molecule has 4 nitrogen and oxygen atoms in total. The lowest BCUT2D eigenvalue weighted by molar-refractivity contribution is 0.0928. The van der Waals surface area contributed by atoms with Gasteiger partial charge in [-0.2, -0.15) is 0 Å². The Bertz CT molecular complexity index is 897. The van der Waals surface area contributed by atoms with Crippen molar-refractivity contribution < 1.29 is 4.79 Å². The summed E-state index contributed by atoms with van der Waals surface area (Å²) in [6, 6.07) is 15.9. The van der Waals surface area contributed by atoms with E-state index in [1.807, 2.05) is 48.7 Å². The highest BCUT2D eigenvalue weighted by molar-refractivity contribution is 6.30. The van der Waals surface area contributed by atoms with E-state index in [0.29, 0.717) is 6.54 Å². The summed E-state index contributed by atoms with van der Waals surface area (Å²) in [5.41, 5.74) is 2.94. The summed E-state index contributed by atoms with van der Waals surface area (Å²) >= 11 is 6.08. The van der Waals surface area contributed by atoms with E-state index >= 15 is 0 Å². The van der Waals surface area contributed by atoms with Crippen LogP contribution in [-0.4, -0.2) is 48.4 Å². The van der Waals surface area contributed by atoms with Crippen LogP contribution < -0.4 is 4.90 Å². The summed E-state index contributed by atoms with van der Waals surface area (Å²) in [4.78, 5) is 20.4. The topological polar surface area (TPSA) is 39.3 Å². The number of piperazine rings is 1. The van der Waals surface area contributed by atoms with Crippen molar-refractivity contribution in [3.8, 4) is 0 Å². The minimum Gasteiger partial charge on any atom is -0.369 e. The van der Waals surface area contributed by atoms with E-state index in [4.69, 9.17) is 11.6 Å². The minimum atomic E-state index is 0.175. The number of hydrogen-bond donors (Lipinski definition) is 1. The Kier molecular flexibility index (Phi) is 4.47. The first-order valence-electron chi connectivity index (χ1n) is 8.53. The molecular weight excluding hydrogens is 334 g/mol. The second kappa shape index (κ2) is 6.90. The first kappa shape index (κ1) is 16.2. The number of nitrogens with zero attached hydrogens (tertiary/aromatic N) is 2. The zero-order chi connectivity index (χ0) is 17.2. The van der Waals surface area contributed by atoms with Gasteiger partial charge in [0.2, 0.25) is 0 Å². The smallest absolute Gasteiger partial charge is 0.178 e. The number of halogens is 1. The van der Waals surface area contributed by atoms with Crippen LogP contribution in [0.3, 0.4) is 0 Å². The molecule has 128 valence electrons. The molecule has 1 aromatic heterocycles. The zero-order valence-electron chi connectivity index (χ0n) is 13.9. The Morgan fingerprint density at radius 1 is 1.04 bits per heavy atom. The van der Waals surface area contributed by atoms with Crippen molar-refractivity contribution >= 4 is 34.0 Å². The van der Waals surface area contributed by atoms with Crippen LogP contribution in [0, 0.1) is 0 Å². The molecule has 0 amide bonds. The monoisotopic (exact) mass is 353 g/mol. The number of aromatic amines is 1. The van der Waals surface area contributed by atoms with E-state index in [-0.39, 0.29) is 5.78 Å². The molecule has 0 spiro atoms. The van der Waals surface area contributed by atoms with Crippen molar-refractivity contribution in [1.29, 1.82) is 0 Å². The average Bonchev–Trinajstić information content (AvgIpc) is 3.06. The van der Waals surface area contributed by atoms with Gasteiger partial charge < -0.3 is 9.88 Å². The van der Waals surface area contributed by atoms with Crippen molar-refractivity contribution in [3.05, 3.63) is 65.3 Å². The third-order valence-electron chi connectivity index (χ3n) is 4.80. The van der Waals surface area contributed by atoms with Crippen LogP contribution in [0.1, 0.15) is 10.4 Å².